The van der Waals surface area contributed by atoms with Gasteiger partial charge < -0.3 is 4.74 Å². The Hall–Kier alpha value is -2.09. The molecule has 0 N–H and O–H groups in total. The van der Waals surface area contributed by atoms with Gasteiger partial charge in [0.25, 0.3) is 0 Å². The van der Waals surface area contributed by atoms with Gasteiger partial charge in [0.1, 0.15) is 5.75 Å². The molecule has 0 unspecified atom stereocenters. The van der Waals surface area contributed by atoms with Crippen molar-refractivity contribution in [3.63, 3.8) is 0 Å². The van der Waals surface area contributed by atoms with E-state index in [0.717, 1.165) is 35.3 Å². The van der Waals surface area contributed by atoms with Gasteiger partial charge in [-0.15, -0.1) is 0 Å². The molecule has 0 amide bonds. The fraction of sp³-hybridized carbons (Fsp3) is 0.278. The summed E-state index contributed by atoms with van der Waals surface area (Å²) in [5.74, 6) is 0.904. The van der Waals surface area contributed by atoms with Crippen molar-refractivity contribution < 1.29 is 9.53 Å². The second-order valence-corrected chi connectivity index (χ2v) is 5.35. The molecule has 0 saturated heterocycles. The maximum Gasteiger partial charge on any atom is 0.193 e. The molecule has 2 heteroatoms. The molecule has 0 fully saturated rings. The average molecular weight is 266 g/mol. The topological polar surface area (TPSA) is 26.3 Å². The molecular weight excluding hydrogens is 248 g/mol. The lowest BCUT2D eigenvalue weighted by Crippen LogP contribution is -2.03. The highest BCUT2D eigenvalue weighted by Gasteiger charge is 2.15. The Morgan fingerprint density at radius 2 is 1.70 bits per heavy atom. The zero-order chi connectivity index (χ0) is 14.1. The van der Waals surface area contributed by atoms with Crippen LogP contribution in [0.25, 0.3) is 0 Å². The zero-order valence-electron chi connectivity index (χ0n) is 11.9. The van der Waals surface area contributed by atoms with Crippen molar-refractivity contribution >= 4 is 5.78 Å². The summed E-state index contributed by atoms with van der Waals surface area (Å²) in [5.41, 5.74) is 5.23. The predicted octanol–water partition coefficient (Wildman–Crippen LogP) is 3.72. The summed E-state index contributed by atoms with van der Waals surface area (Å²) in [7, 11) is 1.64. The maximum absolute atomic E-state index is 12.6. The molecule has 20 heavy (non-hydrogen) atoms. The molecule has 2 aromatic rings. The van der Waals surface area contributed by atoms with Crippen molar-refractivity contribution in [2.45, 2.75) is 26.2 Å². The van der Waals surface area contributed by atoms with E-state index in [2.05, 4.69) is 12.1 Å². The Bertz CT molecular complexity index is 671. The number of hydrogen-bond acceptors (Lipinski definition) is 2. The van der Waals surface area contributed by atoms with Gasteiger partial charge in [-0.1, -0.05) is 12.1 Å². The lowest BCUT2D eigenvalue weighted by molar-refractivity contribution is 0.103. The third-order valence-electron chi connectivity index (χ3n) is 4.02. The van der Waals surface area contributed by atoms with E-state index in [1.807, 2.05) is 31.2 Å². The van der Waals surface area contributed by atoms with Gasteiger partial charge in [-0.2, -0.15) is 0 Å². The van der Waals surface area contributed by atoms with Crippen LogP contribution >= 0.6 is 0 Å². The van der Waals surface area contributed by atoms with Crippen LogP contribution in [0.3, 0.4) is 0 Å². The fourth-order valence-electron chi connectivity index (χ4n) is 2.90. The minimum atomic E-state index is 0.0884. The SMILES string of the molecule is COc1ccc(C(=O)c2ccc3c(c2)CCC3)cc1C. The minimum Gasteiger partial charge on any atom is -0.496 e. The van der Waals surface area contributed by atoms with Crippen LogP contribution in [0.1, 0.15) is 39.0 Å². The summed E-state index contributed by atoms with van der Waals surface area (Å²) in [4.78, 5) is 12.6. The largest absolute Gasteiger partial charge is 0.496 e. The number of ketones is 1. The van der Waals surface area contributed by atoms with Crippen molar-refractivity contribution in [3.05, 3.63) is 64.2 Å². The summed E-state index contributed by atoms with van der Waals surface area (Å²) in [5, 5.41) is 0. The molecule has 0 atom stereocenters. The third kappa shape index (κ3) is 2.22. The lowest BCUT2D eigenvalue weighted by atomic mass is 9.98. The highest BCUT2D eigenvalue weighted by atomic mass is 16.5. The Kier molecular flexibility index (Phi) is 3.31. The first kappa shape index (κ1) is 12.9. The number of carbonyl (C=O) groups excluding carboxylic acids is 1. The van der Waals surface area contributed by atoms with E-state index in [4.69, 9.17) is 4.74 Å². The Labute approximate surface area is 119 Å². The van der Waals surface area contributed by atoms with Crippen LogP contribution < -0.4 is 4.74 Å². The molecule has 3 rings (SSSR count). The Balaban J connectivity index is 1.94. The molecule has 2 nitrogen and oxygen atoms in total. The normalized spacial score (nSPS) is 13.1. The second-order valence-electron chi connectivity index (χ2n) is 5.35. The molecule has 0 aliphatic heterocycles. The van der Waals surface area contributed by atoms with Gasteiger partial charge in [-0.25, -0.2) is 0 Å². The summed E-state index contributed by atoms with van der Waals surface area (Å²) >= 11 is 0. The van der Waals surface area contributed by atoms with Crippen LogP contribution in [0.15, 0.2) is 36.4 Å². The van der Waals surface area contributed by atoms with Crippen molar-refractivity contribution in [1.82, 2.24) is 0 Å². The smallest absolute Gasteiger partial charge is 0.193 e. The van der Waals surface area contributed by atoms with Crippen LogP contribution in [0.5, 0.6) is 5.75 Å². The van der Waals surface area contributed by atoms with E-state index in [1.54, 1.807) is 7.11 Å². The van der Waals surface area contributed by atoms with Crippen LogP contribution in [0.4, 0.5) is 0 Å². The molecule has 0 bridgehead atoms. The number of rotatable bonds is 3. The van der Waals surface area contributed by atoms with Crippen LogP contribution in [-0.4, -0.2) is 12.9 Å². The summed E-state index contributed by atoms with van der Waals surface area (Å²) in [6, 6.07) is 11.7. The van der Waals surface area contributed by atoms with Gasteiger partial charge in [0.15, 0.2) is 5.78 Å². The molecule has 2 aromatic carbocycles. The third-order valence-corrected chi connectivity index (χ3v) is 4.02. The van der Waals surface area contributed by atoms with E-state index in [9.17, 15) is 4.79 Å². The number of fused-ring (bicyclic) bond motifs is 1. The molecule has 0 spiro atoms. The number of aryl methyl sites for hydroxylation is 3. The molecule has 1 aliphatic carbocycles. The first-order chi connectivity index (χ1) is 9.69. The van der Waals surface area contributed by atoms with E-state index < -0.39 is 0 Å². The molecule has 0 aromatic heterocycles. The number of benzene rings is 2. The van der Waals surface area contributed by atoms with Crippen molar-refractivity contribution in [2.24, 2.45) is 0 Å². The Morgan fingerprint density at radius 3 is 2.45 bits per heavy atom. The van der Waals surface area contributed by atoms with E-state index in [-0.39, 0.29) is 5.78 Å². The first-order valence-corrected chi connectivity index (χ1v) is 7.00. The van der Waals surface area contributed by atoms with Gasteiger partial charge in [0, 0.05) is 11.1 Å². The highest BCUT2D eigenvalue weighted by molar-refractivity contribution is 6.09. The molecular formula is C18H18O2. The van der Waals surface area contributed by atoms with Gasteiger partial charge in [-0.3, -0.25) is 4.79 Å². The number of ether oxygens (including phenoxy) is 1. The van der Waals surface area contributed by atoms with E-state index in [1.165, 1.54) is 17.5 Å². The van der Waals surface area contributed by atoms with Crippen LogP contribution in [0, 0.1) is 6.92 Å². The zero-order valence-corrected chi connectivity index (χ0v) is 11.9. The average Bonchev–Trinajstić information content (AvgIpc) is 2.93. The number of methoxy groups -OCH3 is 1. The molecule has 0 heterocycles. The highest BCUT2D eigenvalue weighted by Crippen LogP contribution is 2.25. The van der Waals surface area contributed by atoms with Crippen LogP contribution in [-0.2, 0) is 12.8 Å². The standard InChI is InChI=1S/C18H18O2/c1-12-10-15(8-9-17(12)20-2)18(19)16-7-6-13-4-3-5-14(13)11-16/h6-11H,3-5H2,1-2H3. The van der Waals surface area contributed by atoms with Gasteiger partial charge >= 0.3 is 0 Å². The van der Waals surface area contributed by atoms with Gasteiger partial charge in [0.2, 0.25) is 0 Å². The molecule has 102 valence electrons. The fourth-order valence-corrected chi connectivity index (χ4v) is 2.90. The van der Waals surface area contributed by atoms with E-state index in [0.29, 0.717) is 0 Å². The first-order valence-electron chi connectivity index (χ1n) is 7.00. The molecule has 1 aliphatic rings. The lowest BCUT2D eigenvalue weighted by Gasteiger charge is -2.08. The summed E-state index contributed by atoms with van der Waals surface area (Å²) < 4.78 is 5.23. The second kappa shape index (κ2) is 5.12. The van der Waals surface area contributed by atoms with Crippen molar-refractivity contribution in [1.29, 1.82) is 0 Å². The Morgan fingerprint density at radius 1 is 1.00 bits per heavy atom. The van der Waals surface area contributed by atoms with Gasteiger partial charge in [0.05, 0.1) is 7.11 Å². The van der Waals surface area contributed by atoms with Gasteiger partial charge in [-0.05, 0) is 67.1 Å². The van der Waals surface area contributed by atoms with E-state index >= 15 is 0 Å². The van der Waals surface area contributed by atoms with Crippen molar-refractivity contribution in [2.75, 3.05) is 7.11 Å². The molecule has 0 saturated carbocycles. The van der Waals surface area contributed by atoms with Crippen LogP contribution in [0.2, 0.25) is 0 Å². The maximum atomic E-state index is 12.6. The number of hydrogen-bond donors (Lipinski definition) is 0. The quantitative estimate of drug-likeness (QED) is 0.791. The minimum absolute atomic E-state index is 0.0884. The molecule has 0 radical (unpaired) electrons. The summed E-state index contributed by atoms with van der Waals surface area (Å²) in [6.07, 6.45) is 3.44. The monoisotopic (exact) mass is 266 g/mol. The number of carbonyl (C=O) groups is 1. The summed E-state index contributed by atoms with van der Waals surface area (Å²) in [6.45, 7) is 1.96. The predicted molar refractivity (Wildman–Crippen MR) is 79.6 cm³/mol. The van der Waals surface area contributed by atoms with Crippen molar-refractivity contribution in [3.8, 4) is 5.75 Å².